The van der Waals surface area contributed by atoms with Crippen molar-refractivity contribution < 1.29 is 18.7 Å². The lowest BCUT2D eigenvalue weighted by molar-refractivity contribution is -0.147. The predicted molar refractivity (Wildman–Crippen MR) is 122 cm³/mol. The normalized spacial score (nSPS) is 21.1. The first-order valence-electron chi connectivity index (χ1n) is 11.1. The van der Waals surface area contributed by atoms with E-state index >= 15 is 4.39 Å². The highest BCUT2D eigenvalue weighted by atomic mass is 19.1. The minimum atomic E-state index is -1.50. The van der Waals surface area contributed by atoms with Crippen molar-refractivity contribution in [3.8, 4) is 17.2 Å². The first-order chi connectivity index (χ1) is 15.9. The molecule has 33 heavy (non-hydrogen) atoms. The van der Waals surface area contributed by atoms with Crippen LogP contribution in [0.25, 0.3) is 11.1 Å². The molecule has 0 spiro atoms. The fourth-order valence-electron chi connectivity index (χ4n) is 4.67. The molecule has 0 aliphatic carbocycles. The molecular formula is C25H27FN4O3. The molecule has 7 nitrogen and oxygen atoms in total. The number of nitriles is 1. The molecule has 0 bridgehead atoms. The highest BCUT2D eigenvalue weighted by molar-refractivity contribution is 5.94. The van der Waals surface area contributed by atoms with E-state index in [1.165, 1.54) is 6.07 Å². The Kier molecular flexibility index (Phi) is 6.45. The molecule has 2 atom stereocenters. The van der Waals surface area contributed by atoms with Crippen molar-refractivity contribution in [3.63, 3.8) is 0 Å². The Bertz CT molecular complexity index is 1120. The summed E-state index contributed by atoms with van der Waals surface area (Å²) >= 11 is 0. The topological polar surface area (TPSA) is 108 Å². The van der Waals surface area contributed by atoms with Crippen LogP contribution in [-0.2, 0) is 27.2 Å². The number of nitrogens with one attached hydrogen (secondary N) is 1. The summed E-state index contributed by atoms with van der Waals surface area (Å²) in [6, 6.07) is 12.8. The third-order valence-corrected chi connectivity index (χ3v) is 6.55. The molecule has 2 aliphatic heterocycles. The number of nitrogens with zero attached hydrogens (tertiary/aromatic N) is 2. The van der Waals surface area contributed by atoms with Gasteiger partial charge in [0.05, 0.1) is 12.0 Å². The van der Waals surface area contributed by atoms with Crippen molar-refractivity contribution in [1.82, 2.24) is 5.32 Å². The zero-order chi connectivity index (χ0) is 23.6. The Labute approximate surface area is 192 Å². The van der Waals surface area contributed by atoms with Gasteiger partial charge in [-0.2, -0.15) is 5.26 Å². The second-order valence-electron chi connectivity index (χ2n) is 8.59. The van der Waals surface area contributed by atoms with Crippen molar-refractivity contribution in [2.75, 3.05) is 31.1 Å². The number of hydrogen-bond donors (Lipinski definition) is 2. The van der Waals surface area contributed by atoms with E-state index in [1.807, 2.05) is 18.2 Å². The molecule has 172 valence electrons. The number of amides is 2. The lowest BCUT2D eigenvalue weighted by atomic mass is 9.82. The Balaban J connectivity index is 1.58. The van der Waals surface area contributed by atoms with Crippen molar-refractivity contribution in [2.45, 2.75) is 31.8 Å². The van der Waals surface area contributed by atoms with E-state index in [-0.39, 0.29) is 18.9 Å². The molecule has 0 saturated carbocycles. The van der Waals surface area contributed by atoms with E-state index in [9.17, 15) is 14.9 Å². The third kappa shape index (κ3) is 4.34. The average Bonchev–Trinajstić information content (AvgIpc) is 3.06. The maximum absolute atomic E-state index is 15.1. The van der Waals surface area contributed by atoms with Gasteiger partial charge in [-0.15, -0.1) is 0 Å². The molecule has 1 fully saturated rings. The molecular weight excluding hydrogens is 423 g/mol. The van der Waals surface area contributed by atoms with Gasteiger partial charge in [0, 0.05) is 32.3 Å². The maximum Gasteiger partial charge on any atom is 0.252 e. The summed E-state index contributed by atoms with van der Waals surface area (Å²) in [6.07, 6.45) is 1.46. The van der Waals surface area contributed by atoms with E-state index in [1.54, 1.807) is 24.0 Å². The van der Waals surface area contributed by atoms with E-state index in [0.29, 0.717) is 37.2 Å². The van der Waals surface area contributed by atoms with E-state index in [2.05, 4.69) is 11.4 Å². The maximum atomic E-state index is 15.1. The van der Waals surface area contributed by atoms with E-state index in [0.717, 1.165) is 23.2 Å². The van der Waals surface area contributed by atoms with Gasteiger partial charge < -0.3 is 20.7 Å². The minimum absolute atomic E-state index is 0.00495. The Hall–Kier alpha value is -3.28. The molecule has 2 aromatic rings. The van der Waals surface area contributed by atoms with Crippen LogP contribution in [0.3, 0.4) is 0 Å². The van der Waals surface area contributed by atoms with Crippen LogP contribution in [0.1, 0.15) is 24.5 Å². The number of rotatable bonds is 5. The van der Waals surface area contributed by atoms with Gasteiger partial charge >= 0.3 is 0 Å². The SMILES string of the molecule is CC(=O)N1CCc2cc(-c3ccc(C[C@@H](C#N)C4(C(N)=O)CNCCCO4)c(F)c3)ccc21. The molecule has 1 saturated heterocycles. The second kappa shape index (κ2) is 9.30. The Morgan fingerprint density at radius 1 is 1.30 bits per heavy atom. The number of nitrogens with two attached hydrogens (primary N) is 1. The fraction of sp³-hybridized carbons (Fsp3) is 0.400. The molecule has 3 N–H and O–H groups in total. The predicted octanol–water partition coefficient (Wildman–Crippen LogP) is 2.32. The number of carbonyl (C=O) groups is 2. The van der Waals surface area contributed by atoms with Crippen LogP contribution in [-0.4, -0.2) is 43.7 Å². The quantitative estimate of drug-likeness (QED) is 0.727. The molecule has 4 rings (SSSR count). The minimum Gasteiger partial charge on any atom is -0.367 e. The number of hydrogen-bond acceptors (Lipinski definition) is 5. The zero-order valence-corrected chi connectivity index (χ0v) is 18.6. The third-order valence-electron chi connectivity index (χ3n) is 6.55. The van der Waals surface area contributed by atoms with Crippen molar-refractivity contribution in [3.05, 3.63) is 53.3 Å². The van der Waals surface area contributed by atoms with Crippen LogP contribution in [0.15, 0.2) is 36.4 Å². The highest BCUT2D eigenvalue weighted by Gasteiger charge is 2.46. The van der Waals surface area contributed by atoms with Gasteiger partial charge in [0.25, 0.3) is 5.91 Å². The van der Waals surface area contributed by atoms with Crippen molar-refractivity contribution >= 4 is 17.5 Å². The number of benzene rings is 2. The van der Waals surface area contributed by atoms with Crippen LogP contribution in [0.5, 0.6) is 0 Å². The van der Waals surface area contributed by atoms with Gasteiger partial charge in [0.15, 0.2) is 5.60 Å². The molecule has 1 unspecified atom stereocenters. The summed E-state index contributed by atoms with van der Waals surface area (Å²) < 4.78 is 20.9. The lowest BCUT2D eigenvalue weighted by Crippen LogP contribution is -2.57. The van der Waals surface area contributed by atoms with Gasteiger partial charge in [-0.3, -0.25) is 9.59 Å². The summed E-state index contributed by atoms with van der Waals surface area (Å²) in [5.74, 6) is -2.11. The molecule has 2 amide bonds. The van der Waals surface area contributed by atoms with Crippen molar-refractivity contribution in [2.24, 2.45) is 11.7 Å². The van der Waals surface area contributed by atoms with Crippen molar-refractivity contribution in [1.29, 1.82) is 5.26 Å². The number of primary amides is 1. The summed E-state index contributed by atoms with van der Waals surface area (Å²) in [6.45, 7) is 3.27. The van der Waals surface area contributed by atoms with Gasteiger partial charge in [0.2, 0.25) is 5.91 Å². The van der Waals surface area contributed by atoms with Crippen LogP contribution < -0.4 is 16.0 Å². The van der Waals surface area contributed by atoms with Crippen LogP contribution >= 0.6 is 0 Å². The Morgan fingerprint density at radius 3 is 2.76 bits per heavy atom. The van der Waals surface area contributed by atoms with Crippen LogP contribution in [0.4, 0.5) is 10.1 Å². The summed E-state index contributed by atoms with van der Waals surface area (Å²) in [4.78, 5) is 25.8. The monoisotopic (exact) mass is 450 g/mol. The number of ether oxygens (including phenoxy) is 1. The number of anilines is 1. The first-order valence-corrected chi connectivity index (χ1v) is 11.1. The van der Waals surface area contributed by atoms with Gasteiger partial charge in [-0.25, -0.2) is 4.39 Å². The van der Waals surface area contributed by atoms with Gasteiger partial charge in [-0.05, 0) is 66.3 Å². The fourth-order valence-corrected chi connectivity index (χ4v) is 4.67. The Morgan fingerprint density at radius 2 is 2.06 bits per heavy atom. The largest absolute Gasteiger partial charge is 0.367 e. The second-order valence-corrected chi connectivity index (χ2v) is 8.59. The lowest BCUT2D eigenvalue weighted by Gasteiger charge is -2.33. The van der Waals surface area contributed by atoms with Crippen LogP contribution in [0.2, 0.25) is 0 Å². The number of carbonyl (C=O) groups excluding carboxylic acids is 2. The van der Waals surface area contributed by atoms with E-state index in [4.69, 9.17) is 10.5 Å². The molecule has 0 radical (unpaired) electrons. The molecule has 2 aliphatic rings. The number of fused-ring (bicyclic) bond motifs is 1. The summed E-state index contributed by atoms with van der Waals surface area (Å²) in [5, 5.41) is 12.9. The standard InChI is InChI=1S/C25H27FN4O3/c1-16(31)30-9-7-20-11-17(5-6-23(20)30)18-3-4-19(22(26)13-18)12-21(14-27)25(24(28)32)15-29-8-2-10-33-25/h3-6,11,13,21,29H,2,7-10,12,15H2,1H3,(H2,28,32)/t21-,25?/m0/s1. The molecule has 8 heteroatoms. The van der Waals surface area contributed by atoms with E-state index < -0.39 is 23.2 Å². The van der Waals surface area contributed by atoms with Gasteiger partial charge in [-0.1, -0.05) is 18.2 Å². The zero-order valence-electron chi connectivity index (χ0n) is 18.6. The highest BCUT2D eigenvalue weighted by Crippen LogP contribution is 2.34. The molecule has 2 aromatic carbocycles. The molecule has 2 heterocycles. The summed E-state index contributed by atoms with van der Waals surface area (Å²) in [5.41, 5.74) is 7.96. The van der Waals surface area contributed by atoms with Crippen LogP contribution in [0, 0.1) is 23.1 Å². The summed E-state index contributed by atoms with van der Waals surface area (Å²) in [7, 11) is 0. The van der Waals surface area contributed by atoms with Gasteiger partial charge in [0.1, 0.15) is 5.82 Å². The molecule has 0 aromatic heterocycles. The first kappa shape index (κ1) is 22.9. The smallest absolute Gasteiger partial charge is 0.252 e. The number of halogens is 1. The average molecular weight is 451 g/mol.